The first-order valence-corrected chi connectivity index (χ1v) is 14.2. The zero-order chi connectivity index (χ0) is 28.4. The molecule has 3 amide bonds. The summed E-state index contributed by atoms with van der Waals surface area (Å²) in [6.07, 6.45) is 4.68. The molecule has 2 N–H and O–H groups in total. The minimum Gasteiger partial charge on any atom is -0.453 e. The van der Waals surface area contributed by atoms with Crippen molar-refractivity contribution in [3.05, 3.63) is 29.5 Å². The van der Waals surface area contributed by atoms with Gasteiger partial charge >= 0.3 is 12.2 Å². The van der Waals surface area contributed by atoms with Gasteiger partial charge in [0.25, 0.3) is 5.91 Å². The van der Waals surface area contributed by atoms with Crippen LogP contribution in [-0.4, -0.2) is 98.4 Å². The third-order valence-corrected chi connectivity index (χ3v) is 7.69. The third kappa shape index (κ3) is 6.27. The highest BCUT2D eigenvalue weighted by Gasteiger charge is 2.31. The van der Waals surface area contributed by atoms with Crippen molar-refractivity contribution in [3.63, 3.8) is 0 Å². The first kappa shape index (κ1) is 27.6. The van der Waals surface area contributed by atoms with Crippen LogP contribution in [0.15, 0.2) is 23.8 Å². The van der Waals surface area contributed by atoms with Crippen LogP contribution in [0.5, 0.6) is 0 Å². The van der Waals surface area contributed by atoms with Gasteiger partial charge < -0.3 is 29.9 Å². The van der Waals surface area contributed by atoms with Gasteiger partial charge in [0.1, 0.15) is 21.9 Å². The SMILES string of the molecule is COC(=O)NC1CCN(C(=O)c2cc(N[C@H]3CCN(C(=O)OC(C)(C)C)C3)nc(-c3cnn4ccsc34)n2)CC1. The molecule has 0 bridgehead atoms. The Labute approximate surface area is 235 Å². The van der Waals surface area contributed by atoms with Crippen LogP contribution in [0, 0.1) is 0 Å². The fourth-order valence-electron chi connectivity index (χ4n) is 4.83. The molecule has 214 valence electrons. The van der Waals surface area contributed by atoms with Crippen LogP contribution in [0.3, 0.4) is 0 Å². The lowest BCUT2D eigenvalue weighted by Crippen LogP contribution is -2.46. The Kier molecular flexibility index (Phi) is 7.79. The van der Waals surface area contributed by atoms with E-state index >= 15 is 0 Å². The van der Waals surface area contributed by atoms with Gasteiger partial charge in [-0.15, -0.1) is 11.3 Å². The van der Waals surface area contributed by atoms with E-state index in [1.54, 1.807) is 26.6 Å². The molecule has 40 heavy (non-hydrogen) atoms. The second-order valence-electron chi connectivity index (χ2n) is 10.9. The lowest BCUT2D eigenvalue weighted by Gasteiger charge is -2.32. The van der Waals surface area contributed by atoms with E-state index < -0.39 is 11.7 Å². The lowest BCUT2D eigenvalue weighted by molar-refractivity contribution is 0.0293. The second-order valence-corrected chi connectivity index (χ2v) is 11.8. The van der Waals surface area contributed by atoms with Crippen LogP contribution in [-0.2, 0) is 9.47 Å². The van der Waals surface area contributed by atoms with E-state index in [4.69, 9.17) is 9.72 Å². The number of amides is 3. The summed E-state index contributed by atoms with van der Waals surface area (Å²) in [6.45, 7) is 7.51. The summed E-state index contributed by atoms with van der Waals surface area (Å²) >= 11 is 1.51. The molecule has 3 aromatic heterocycles. The van der Waals surface area contributed by atoms with Gasteiger partial charge in [-0.25, -0.2) is 24.1 Å². The van der Waals surface area contributed by atoms with Crippen molar-refractivity contribution in [2.75, 3.05) is 38.6 Å². The molecule has 2 saturated heterocycles. The highest BCUT2D eigenvalue weighted by atomic mass is 32.1. The quantitative estimate of drug-likeness (QED) is 0.472. The number of carbonyl (C=O) groups excluding carboxylic acids is 3. The smallest absolute Gasteiger partial charge is 0.410 e. The van der Waals surface area contributed by atoms with Crippen LogP contribution in [0.2, 0.25) is 0 Å². The van der Waals surface area contributed by atoms with Crippen LogP contribution < -0.4 is 10.6 Å². The summed E-state index contributed by atoms with van der Waals surface area (Å²) in [5, 5.41) is 12.5. The van der Waals surface area contributed by atoms with Crippen LogP contribution in [0.1, 0.15) is 50.5 Å². The summed E-state index contributed by atoms with van der Waals surface area (Å²) in [5.74, 6) is 0.692. The Bertz CT molecular complexity index is 1390. The van der Waals surface area contributed by atoms with Gasteiger partial charge in [0.2, 0.25) is 0 Å². The van der Waals surface area contributed by atoms with E-state index in [9.17, 15) is 14.4 Å². The Morgan fingerprint density at radius 2 is 1.77 bits per heavy atom. The van der Waals surface area contributed by atoms with E-state index in [2.05, 4.69) is 25.5 Å². The van der Waals surface area contributed by atoms with E-state index in [1.807, 2.05) is 32.3 Å². The molecule has 13 nitrogen and oxygen atoms in total. The number of nitrogens with one attached hydrogen (secondary N) is 2. The molecule has 5 heterocycles. The molecule has 2 fully saturated rings. The molecular formula is C26H34N8O5S. The van der Waals surface area contributed by atoms with Crippen molar-refractivity contribution in [1.82, 2.24) is 34.7 Å². The lowest BCUT2D eigenvalue weighted by atomic mass is 10.0. The maximum atomic E-state index is 13.6. The standard InChI is InChI=1S/C26H34N8O5S/c1-26(2,3)39-25(37)33-10-7-17(15-33)28-20-13-19(22(35)32-8-5-16(6-9-32)29-24(36)38-4)30-21(31-20)18-14-27-34-11-12-40-23(18)34/h11-14,16-17H,5-10,15H2,1-4H3,(H,29,36)(H,28,30,31)/t17-/m0/s1. The van der Waals surface area contributed by atoms with Gasteiger partial charge in [-0.3, -0.25) is 4.79 Å². The van der Waals surface area contributed by atoms with Gasteiger partial charge in [0.05, 0.1) is 18.9 Å². The molecule has 0 unspecified atom stereocenters. The number of methoxy groups -OCH3 is 1. The topological polar surface area (TPSA) is 143 Å². The number of aromatic nitrogens is 4. The van der Waals surface area contributed by atoms with Crippen LogP contribution >= 0.6 is 11.3 Å². The minimum absolute atomic E-state index is 0.0514. The molecule has 2 aliphatic rings. The third-order valence-electron chi connectivity index (χ3n) is 6.80. The Morgan fingerprint density at radius 3 is 2.50 bits per heavy atom. The predicted octanol–water partition coefficient (Wildman–Crippen LogP) is 3.23. The molecule has 0 saturated carbocycles. The highest BCUT2D eigenvalue weighted by Crippen LogP contribution is 2.28. The fourth-order valence-corrected chi connectivity index (χ4v) is 5.62. The number of carbonyl (C=O) groups is 3. The maximum absolute atomic E-state index is 13.6. The molecule has 0 aromatic carbocycles. The fraction of sp³-hybridized carbons (Fsp3) is 0.538. The zero-order valence-electron chi connectivity index (χ0n) is 23.0. The van der Waals surface area contributed by atoms with E-state index in [1.165, 1.54) is 18.4 Å². The zero-order valence-corrected chi connectivity index (χ0v) is 23.9. The van der Waals surface area contributed by atoms with E-state index in [0.717, 1.165) is 10.4 Å². The summed E-state index contributed by atoms with van der Waals surface area (Å²) in [4.78, 5) is 51.4. The number of hydrogen-bond donors (Lipinski definition) is 2. The summed E-state index contributed by atoms with van der Waals surface area (Å²) in [7, 11) is 1.33. The van der Waals surface area contributed by atoms with Crippen molar-refractivity contribution < 1.29 is 23.9 Å². The predicted molar refractivity (Wildman–Crippen MR) is 148 cm³/mol. The Balaban J connectivity index is 1.35. The normalized spacial score (nSPS) is 18.1. The number of hydrogen-bond acceptors (Lipinski definition) is 10. The average molecular weight is 571 g/mol. The van der Waals surface area contributed by atoms with Gasteiger partial charge in [0, 0.05) is 55.9 Å². The molecule has 5 rings (SSSR count). The van der Waals surface area contributed by atoms with Crippen LogP contribution in [0.4, 0.5) is 15.4 Å². The first-order valence-electron chi connectivity index (χ1n) is 13.3. The van der Waals surface area contributed by atoms with Crippen molar-refractivity contribution in [3.8, 4) is 11.4 Å². The number of ether oxygens (including phenoxy) is 2. The number of rotatable bonds is 5. The monoisotopic (exact) mass is 570 g/mol. The molecule has 0 radical (unpaired) electrons. The van der Waals surface area contributed by atoms with Crippen molar-refractivity contribution in [2.24, 2.45) is 0 Å². The van der Waals surface area contributed by atoms with Gasteiger partial charge in [0.15, 0.2) is 5.82 Å². The summed E-state index contributed by atoms with van der Waals surface area (Å²) in [6, 6.07) is 1.55. The number of nitrogens with zero attached hydrogens (tertiary/aromatic N) is 6. The summed E-state index contributed by atoms with van der Waals surface area (Å²) < 4.78 is 12.0. The number of fused-ring (bicyclic) bond motifs is 1. The number of likely N-dealkylation sites (tertiary alicyclic amines) is 2. The molecule has 0 aliphatic carbocycles. The van der Waals surface area contributed by atoms with Crippen molar-refractivity contribution in [1.29, 1.82) is 0 Å². The van der Waals surface area contributed by atoms with Crippen molar-refractivity contribution in [2.45, 2.75) is 57.7 Å². The van der Waals surface area contributed by atoms with E-state index in [0.29, 0.717) is 57.1 Å². The molecule has 14 heteroatoms. The Morgan fingerprint density at radius 1 is 1.05 bits per heavy atom. The van der Waals surface area contributed by atoms with Gasteiger partial charge in [-0.1, -0.05) is 0 Å². The molecular weight excluding hydrogens is 536 g/mol. The molecule has 1 atom stereocenters. The number of thiazole rings is 1. The molecule has 0 spiro atoms. The first-order chi connectivity index (χ1) is 19.1. The van der Waals surface area contributed by atoms with Gasteiger partial charge in [-0.05, 0) is 40.0 Å². The maximum Gasteiger partial charge on any atom is 0.410 e. The van der Waals surface area contributed by atoms with E-state index in [-0.39, 0.29) is 29.8 Å². The van der Waals surface area contributed by atoms with Gasteiger partial charge in [-0.2, -0.15) is 5.10 Å². The number of piperidine rings is 1. The second kappa shape index (κ2) is 11.3. The highest BCUT2D eigenvalue weighted by molar-refractivity contribution is 7.16. The Hall–Kier alpha value is -3.94. The summed E-state index contributed by atoms with van der Waals surface area (Å²) in [5.41, 5.74) is 0.433. The molecule has 2 aliphatic heterocycles. The minimum atomic E-state index is -0.567. The average Bonchev–Trinajstić information content (AvgIpc) is 3.65. The largest absolute Gasteiger partial charge is 0.453 e. The van der Waals surface area contributed by atoms with Crippen molar-refractivity contribution >= 4 is 40.1 Å². The number of anilines is 1. The van der Waals surface area contributed by atoms with Crippen LogP contribution in [0.25, 0.3) is 16.2 Å². The number of alkyl carbamates (subject to hydrolysis) is 1. The molecule has 3 aromatic rings.